The Bertz CT molecular complexity index is 663. The molecule has 0 aromatic rings. The van der Waals surface area contributed by atoms with Gasteiger partial charge in [0.05, 0.1) is 31.1 Å². The third-order valence-corrected chi connectivity index (χ3v) is 4.35. The summed E-state index contributed by atoms with van der Waals surface area (Å²) in [6.07, 6.45) is 0.290. The number of hydrogen-bond donors (Lipinski definition) is 2. The van der Waals surface area contributed by atoms with Gasteiger partial charge in [-0.1, -0.05) is 6.58 Å². The van der Waals surface area contributed by atoms with Crippen LogP contribution < -0.4 is 0 Å². The molecule has 0 bridgehead atoms. The minimum Gasteiger partial charge on any atom is -0.465 e. The Morgan fingerprint density at radius 1 is 0.800 bits per heavy atom. The first-order chi connectivity index (χ1) is 11.4. The molecule has 0 fully saturated rings. The zero-order valence-electron chi connectivity index (χ0n) is 13.5. The van der Waals surface area contributed by atoms with Gasteiger partial charge < -0.3 is 9.47 Å². The summed E-state index contributed by atoms with van der Waals surface area (Å²) >= 11 is 0. The van der Waals surface area contributed by atoms with Crippen LogP contribution in [0.3, 0.4) is 0 Å². The van der Waals surface area contributed by atoms with E-state index in [4.69, 9.17) is 18.6 Å². The fourth-order valence-electron chi connectivity index (χ4n) is 1.52. The van der Waals surface area contributed by atoms with Crippen molar-refractivity contribution in [3.63, 3.8) is 0 Å². The number of esters is 2. The van der Waals surface area contributed by atoms with Crippen molar-refractivity contribution in [3.05, 3.63) is 12.2 Å². The SMILES string of the molecule is C=C(CC(=O)OCCCCS(=O)(=O)O)C(=O)OCCCCS(=O)(=O)O. The van der Waals surface area contributed by atoms with E-state index >= 15 is 0 Å². The van der Waals surface area contributed by atoms with Crippen LogP contribution in [0.2, 0.25) is 0 Å². The normalized spacial score (nSPS) is 11.8. The molecular weight excluding hydrogens is 380 g/mol. The van der Waals surface area contributed by atoms with Crippen molar-refractivity contribution in [2.75, 3.05) is 24.7 Å². The van der Waals surface area contributed by atoms with Crippen molar-refractivity contribution in [2.24, 2.45) is 0 Å². The molecule has 12 heteroatoms. The highest BCUT2D eigenvalue weighted by atomic mass is 32.2. The van der Waals surface area contributed by atoms with E-state index in [2.05, 4.69) is 6.58 Å². The van der Waals surface area contributed by atoms with E-state index in [1.54, 1.807) is 0 Å². The van der Waals surface area contributed by atoms with Gasteiger partial charge >= 0.3 is 11.9 Å². The largest absolute Gasteiger partial charge is 0.465 e. The third-order valence-electron chi connectivity index (χ3n) is 2.74. The molecule has 0 aliphatic carbocycles. The molecule has 0 aliphatic heterocycles. The Morgan fingerprint density at radius 2 is 1.24 bits per heavy atom. The molecule has 0 aliphatic rings. The van der Waals surface area contributed by atoms with Gasteiger partial charge in [0.25, 0.3) is 20.2 Å². The van der Waals surface area contributed by atoms with E-state index in [0.717, 1.165) is 0 Å². The lowest BCUT2D eigenvalue weighted by Gasteiger charge is -2.07. The molecule has 10 nitrogen and oxygen atoms in total. The first kappa shape index (κ1) is 23.5. The number of carbonyl (C=O) groups is 2. The standard InChI is InChI=1S/C13H22O10S2/c1-11(13(15)23-7-3-5-9-25(19,20)21)10-12(14)22-6-2-4-8-24(16,17)18/h1-10H2,(H,16,17,18)(H,19,20,21). The molecule has 0 saturated carbocycles. The van der Waals surface area contributed by atoms with Crippen LogP contribution in [0.1, 0.15) is 32.1 Å². The molecule has 0 spiro atoms. The van der Waals surface area contributed by atoms with E-state index in [-0.39, 0.29) is 44.5 Å². The Kier molecular flexibility index (Phi) is 10.5. The Labute approximate surface area is 146 Å². The smallest absolute Gasteiger partial charge is 0.333 e. The number of hydrogen-bond acceptors (Lipinski definition) is 8. The summed E-state index contributed by atoms with van der Waals surface area (Å²) in [5.74, 6) is -2.42. The molecule has 0 radical (unpaired) electrons. The lowest BCUT2D eigenvalue weighted by atomic mass is 10.2. The van der Waals surface area contributed by atoms with Crippen molar-refractivity contribution in [2.45, 2.75) is 32.1 Å². The molecule has 0 aromatic carbocycles. The van der Waals surface area contributed by atoms with Crippen LogP contribution in [-0.4, -0.2) is 62.6 Å². The quantitative estimate of drug-likeness (QED) is 0.190. The Balaban J connectivity index is 3.84. The van der Waals surface area contributed by atoms with Gasteiger partial charge in [-0.3, -0.25) is 13.9 Å². The van der Waals surface area contributed by atoms with Gasteiger partial charge in [0.2, 0.25) is 0 Å². The average molecular weight is 402 g/mol. The molecule has 0 aromatic heterocycles. The van der Waals surface area contributed by atoms with Crippen LogP contribution in [-0.2, 0) is 39.3 Å². The molecule has 2 N–H and O–H groups in total. The van der Waals surface area contributed by atoms with Gasteiger partial charge in [-0.15, -0.1) is 0 Å². The fourth-order valence-corrected chi connectivity index (χ4v) is 2.66. The zero-order chi connectivity index (χ0) is 19.5. The number of carbonyl (C=O) groups excluding carboxylic acids is 2. The number of ether oxygens (including phenoxy) is 2. The van der Waals surface area contributed by atoms with E-state index in [1.165, 1.54) is 0 Å². The highest BCUT2D eigenvalue weighted by Crippen LogP contribution is 2.05. The summed E-state index contributed by atoms with van der Waals surface area (Å²) < 4.78 is 68.5. The summed E-state index contributed by atoms with van der Waals surface area (Å²) in [6, 6.07) is 0. The number of unbranched alkanes of at least 4 members (excludes halogenated alkanes) is 2. The van der Waals surface area contributed by atoms with Crippen LogP contribution in [0.5, 0.6) is 0 Å². The second kappa shape index (κ2) is 11.2. The summed E-state index contributed by atoms with van der Waals surface area (Å²) in [7, 11) is -8.08. The Morgan fingerprint density at radius 3 is 1.68 bits per heavy atom. The summed E-state index contributed by atoms with van der Waals surface area (Å²) in [6.45, 7) is 3.24. The first-order valence-corrected chi connectivity index (χ1v) is 10.5. The summed E-state index contributed by atoms with van der Waals surface area (Å²) in [5.41, 5.74) is -0.141. The van der Waals surface area contributed by atoms with Gasteiger partial charge in [-0.05, 0) is 25.7 Å². The van der Waals surface area contributed by atoms with Gasteiger partial charge in [0.1, 0.15) is 0 Å². The summed E-state index contributed by atoms with van der Waals surface area (Å²) in [5, 5.41) is 0. The molecule has 0 unspecified atom stereocenters. The monoisotopic (exact) mass is 402 g/mol. The van der Waals surface area contributed by atoms with Crippen LogP contribution in [0.15, 0.2) is 12.2 Å². The molecular formula is C13H22O10S2. The molecule has 0 amide bonds. The highest BCUT2D eigenvalue weighted by Gasteiger charge is 2.14. The fraction of sp³-hybridized carbons (Fsp3) is 0.692. The van der Waals surface area contributed by atoms with Crippen molar-refractivity contribution in [1.29, 1.82) is 0 Å². The van der Waals surface area contributed by atoms with Gasteiger partial charge in [-0.2, -0.15) is 16.8 Å². The molecule has 0 heterocycles. The van der Waals surface area contributed by atoms with Gasteiger partial charge in [0, 0.05) is 5.57 Å². The molecule has 0 saturated heterocycles. The predicted octanol–water partition coefficient (Wildman–Crippen LogP) is 0.355. The zero-order valence-corrected chi connectivity index (χ0v) is 15.2. The van der Waals surface area contributed by atoms with Crippen molar-refractivity contribution in [1.82, 2.24) is 0 Å². The van der Waals surface area contributed by atoms with Gasteiger partial charge in [-0.25, -0.2) is 4.79 Å². The molecule has 25 heavy (non-hydrogen) atoms. The van der Waals surface area contributed by atoms with E-state index in [1.807, 2.05) is 0 Å². The van der Waals surface area contributed by atoms with Gasteiger partial charge in [0.15, 0.2) is 0 Å². The maximum atomic E-state index is 11.5. The molecule has 0 atom stereocenters. The third kappa shape index (κ3) is 15.8. The van der Waals surface area contributed by atoms with Crippen LogP contribution in [0.25, 0.3) is 0 Å². The highest BCUT2D eigenvalue weighted by molar-refractivity contribution is 7.86. The lowest BCUT2D eigenvalue weighted by molar-refractivity contribution is -0.146. The number of rotatable bonds is 13. The topological polar surface area (TPSA) is 161 Å². The van der Waals surface area contributed by atoms with E-state index in [0.29, 0.717) is 0 Å². The van der Waals surface area contributed by atoms with E-state index in [9.17, 15) is 26.4 Å². The summed E-state index contributed by atoms with van der Waals surface area (Å²) in [4.78, 5) is 23.0. The minimum atomic E-state index is -4.04. The maximum Gasteiger partial charge on any atom is 0.333 e. The van der Waals surface area contributed by atoms with Crippen molar-refractivity contribution < 1.29 is 45.0 Å². The molecule has 146 valence electrons. The first-order valence-electron chi connectivity index (χ1n) is 7.31. The maximum absolute atomic E-state index is 11.5. The van der Waals surface area contributed by atoms with Crippen LogP contribution in [0.4, 0.5) is 0 Å². The second-order valence-electron chi connectivity index (χ2n) is 5.12. The predicted molar refractivity (Wildman–Crippen MR) is 87.0 cm³/mol. The van der Waals surface area contributed by atoms with Crippen LogP contribution in [0, 0.1) is 0 Å². The second-order valence-corrected chi connectivity index (χ2v) is 8.27. The van der Waals surface area contributed by atoms with Crippen LogP contribution >= 0.6 is 0 Å². The molecule has 0 rings (SSSR count). The van der Waals surface area contributed by atoms with E-state index < -0.39 is 50.1 Å². The average Bonchev–Trinajstić information content (AvgIpc) is 2.43. The van der Waals surface area contributed by atoms with Crippen molar-refractivity contribution >= 4 is 32.2 Å². The minimum absolute atomic E-state index is 0.0632. The Hall–Kier alpha value is -1.50. The lowest BCUT2D eigenvalue weighted by Crippen LogP contribution is -2.15. The van der Waals surface area contributed by atoms with Crippen molar-refractivity contribution in [3.8, 4) is 0 Å².